The number of nitrogens with one attached hydrogen (secondary N) is 1. The van der Waals surface area contributed by atoms with Crippen molar-refractivity contribution in [1.82, 2.24) is 14.9 Å². The molecular weight excluding hydrogens is 390 g/mol. The van der Waals surface area contributed by atoms with Gasteiger partial charge in [0.2, 0.25) is 5.95 Å². The summed E-state index contributed by atoms with van der Waals surface area (Å²) in [6.45, 7) is 4.92. The predicted molar refractivity (Wildman–Crippen MR) is 117 cm³/mol. The standard InChI is InChI=1S/C21H22ClN5S/c22-18-4-8-20(9-5-18)28-25-19-6-2-17(3-7-19)16-26-12-14-27(15-13-26)21-23-10-1-11-24-21/h1-11,25H,12-16H2. The van der Waals surface area contributed by atoms with Gasteiger partial charge in [0.25, 0.3) is 0 Å². The zero-order chi connectivity index (χ0) is 19.2. The minimum atomic E-state index is 0.755. The molecule has 28 heavy (non-hydrogen) atoms. The van der Waals surface area contributed by atoms with Crippen molar-refractivity contribution < 1.29 is 0 Å². The summed E-state index contributed by atoms with van der Waals surface area (Å²) in [5.41, 5.74) is 2.42. The first-order valence-corrected chi connectivity index (χ1v) is 10.5. The molecule has 1 aromatic heterocycles. The molecule has 0 radical (unpaired) electrons. The highest BCUT2D eigenvalue weighted by Crippen LogP contribution is 2.23. The van der Waals surface area contributed by atoms with Gasteiger partial charge >= 0.3 is 0 Å². The van der Waals surface area contributed by atoms with Gasteiger partial charge < -0.3 is 9.62 Å². The molecule has 0 atom stereocenters. The highest BCUT2D eigenvalue weighted by Gasteiger charge is 2.18. The van der Waals surface area contributed by atoms with Gasteiger partial charge in [-0.2, -0.15) is 0 Å². The monoisotopic (exact) mass is 411 g/mol. The maximum Gasteiger partial charge on any atom is 0.225 e. The van der Waals surface area contributed by atoms with E-state index in [2.05, 4.69) is 48.8 Å². The molecule has 4 rings (SSSR count). The molecule has 144 valence electrons. The molecule has 0 aliphatic carbocycles. The average Bonchev–Trinajstić information content (AvgIpc) is 2.76. The first-order valence-electron chi connectivity index (χ1n) is 9.28. The molecule has 3 aromatic rings. The number of halogens is 1. The van der Waals surface area contributed by atoms with E-state index in [1.807, 2.05) is 30.3 Å². The summed E-state index contributed by atoms with van der Waals surface area (Å²) >= 11 is 7.51. The molecule has 0 saturated carbocycles. The van der Waals surface area contributed by atoms with Crippen molar-refractivity contribution in [1.29, 1.82) is 0 Å². The first-order chi connectivity index (χ1) is 13.8. The molecule has 1 fully saturated rings. The summed E-state index contributed by atoms with van der Waals surface area (Å²) in [4.78, 5) is 14.5. The van der Waals surface area contributed by atoms with E-state index in [1.165, 1.54) is 5.56 Å². The Hall–Kier alpha value is -2.28. The third-order valence-electron chi connectivity index (χ3n) is 4.67. The fourth-order valence-corrected chi connectivity index (χ4v) is 3.89. The first kappa shape index (κ1) is 19.1. The Morgan fingerprint density at radius 1 is 0.893 bits per heavy atom. The van der Waals surface area contributed by atoms with E-state index in [0.717, 1.165) is 54.3 Å². The number of piperazine rings is 1. The molecule has 1 saturated heterocycles. The summed E-state index contributed by atoms with van der Waals surface area (Å²) in [7, 11) is 0. The second kappa shape index (κ2) is 9.28. The van der Waals surface area contributed by atoms with Crippen molar-refractivity contribution in [2.45, 2.75) is 11.4 Å². The number of nitrogens with zero attached hydrogens (tertiary/aromatic N) is 4. The molecule has 2 aromatic carbocycles. The van der Waals surface area contributed by atoms with Crippen LogP contribution in [0.2, 0.25) is 5.02 Å². The summed E-state index contributed by atoms with van der Waals surface area (Å²) < 4.78 is 3.37. The van der Waals surface area contributed by atoms with Gasteiger partial charge in [-0.3, -0.25) is 4.90 Å². The Labute approximate surface area is 174 Å². The maximum atomic E-state index is 5.92. The smallest absolute Gasteiger partial charge is 0.225 e. The van der Waals surface area contributed by atoms with Gasteiger partial charge in [-0.1, -0.05) is 23.7 Å². The maximum absolute atomic E-state index is 5.92. The third-order valence-corrected chi connectivity index (χ3v) is 5.77. The van der Waals surface area contributed by atoms with Crippen LogP contribution in [0.5, 0.6) is 0 Å². The van der Waals surface area contributed by atoms with E-state index in [4.69, 9.17) is 11.6 Å². The molecule has 7 heteroatoms. The molecule has 1 N–H and O–H groups in total. The fourth-order valence-electron chi connectivity index (χ4n) is 3.12. The molecule has 0 amide bonds. The van der Waals surface area contributed by atoms with E-state index in [1.54, 1.807) is 24.3 Å². The van der Waals surface area contributed by atoms with Gasteiger partial charge in [0.05, 0.1) is 0 Å². The van der Waals surface area contributed by atoms with Gasteiger partial charge in [-0.05, 0) is 60.0 Å². The van der Waals surface area contributed by atoms with Crippen LogP contribution < -0.4 is 9.62 Å². The Balaban J connectivity index is 1.25. The van der Waals surface area contributed by atoms with Crippen molar-refractivity contribution in [2.75, 3.05) is 35.8 Å². The van der Waals surface area contributed by atoms with Crippen molar-refractivity contribution in [2.24, 2.45) is 0 Å². The minimum absolute atomic E-state index is 0.755. The Bertz CT molecular complexity index is 866. The van der Waals surface area contributed by atoms with Crippen LogP contribution in [0.25, 0.3) is 0 Å². The van der Waals surface area contributed by atoms with Gasteiger partial charge in [0.15, 0.2) is 0 Å². The molecule has 0 unspecified atom stereocenters. The topological polar surface area (TPSA) is 44.3 Å². The van der Waals surface area contributed by atoms with Crippen LogP contribution in [0.15, 0.2) is 71.9 Å². The Morgan fingerprint density at radius 3 is 2.25 bits per heavy atom. The molecule has 1 aliphatic rings. The van der Waals surface area contributed by atoms with Gasteiger partial charge in [0.1, 0.15) is 0 Å². The van der Waals surface area contributed by atoms with Crippen LogP contribution in [0.1, 0.15) is 5.56 Å². The second-order valence-electron chi connectivity index (χ2n) is 6.67. The number of anilines is 2. The highest BCUT2D eigenvalue weighted by molar-refractivity contribution is 8.00. The number of hydrogen-bond acceptors (Lipinski definition) is 6. The lowest BCUT2D eigenvalue weighted by Gasteiger charge is -2.34. The van der Waals surface area contributed by atoms with Gasteiger partial charge in [0, 0.05) is 60.7 Å². The fraction of sp³-hybridized carbons (Fsp3) is 0.238. The van der Waals surface area contributed by atoms with E-state index < -0.39 is 0 Å². The zero-order valence-corrected chi connectivity index (χ0v) is 17.0. The van der Waals surface area contributed by atoms with Crippen LogP contribution in [0.3, 0.4) is 0 Å². The molecule has 2 heterocycles. The largest absolute Gasteiger partial charge is 0.338 e. The zero-order valence-electron chi connectivity index (χ0n) is 15.5. The van der Waals surface area contributed by atoms with Crippen LogP contribution in [-0.4, -0.2) is 41.0 Å². The van der Waals surface area contributed by atoms with Crippen molar-refractivity contribution in [3.8, 4) is 0 Å². The average molecular weight is 412 g/mol. The quantitative estimate of drug-likeness (QED) is 0.599. The van der Waals surface area contributed by atoms with Crippen molar-refractivity contribution in [3.63, 3.8) is 0 Å². The van der Waals surface area contributed by atoms with Crippen LogP contribution in [0, 0.1) is 0 Å². The van der Waals surface area contributed by atoms with Crippen molar-refractivity contribution in [3.05, 3.63) is 77.6 Å². The van der Waals surface area contributed by atoms with Crippen LogP contribution in [0.4, 0.5) is 11.6 Å². The Kier molecular flexibility index (Phi) is 6.31. The molecule has 5 nitrogen and oxygen atoms in total. The Morgan fingerprint density at radius 2 is 1.57 bits per heavy atom. The van der Waals surface area contributed by atoms with E-state index in [-0.39, 0.29) is 0 Å². The minimum Gasteiger partial charge on any atom is -0.338 e. The number of hydrogen-bond donors (Lipinski definition) is 1. The number of aromatic nitrogens is 2. The number of rotatable bonds is 6. The van der Waals surface area contributed by atoms with Gasteiger partial charge in [-0.15, -0.1) is 0 Å². The predicted octanol–water partition coefficient (Wildman–Crippen LogP) is 4.57. The summed E-state index contributed by atoms with van der Waals surface area (Å²) in [6, 6.07) is 18.3. The highest BCUT2D eigenvalue weighted by atomic mass is 35.5. The third kappa shape index (κ3) is 5.16. The molecule has 0 spiro atoms. The second-order valence-corrected chi connectivity index (χ2v) is 7.98. The lowest BCUT2D eigenvalue weighted by Crippen LogP contribution is -2.46. The molecule has 1 aliphatic heterocycles. The van der Waals surface area contributed by atoms with Gasteiger partial charge in [-0.25, -0.2) is 9.97 Å². The summed E-state index contributed by atoms with van der Waals surface area (Å²) in [5.74, 6) is 0.829. The van der Waals surface area contributed by atoms with Crippen LogP contribution in [-0.2, 0) is 6.54 Å². The van der Waals surface area contributed by atoms with E-state index in [9.17, 15) is 0 Å². The summed E-state index contributed by atoms with van der Waals surface area (Å²) in [5, 5.41) is 0.755. The number of benzene rings is 2. The van der Waals surface area contributed by atoms with Crippen molar-refractivity contribution >= 4 is 35.2 Å². The lowest BCUT2D eigenvalue weighted by atomic mass is 10.2. The summed E-state index contributed by atoms with van der Waals surface area (Å²) in [6.07, 6.45) is 3.60. The van der Waals surface area contributed by atoms with Crippen LogP contribution >= 0.6 is 23.5 Å². The lowest BCUT2D eigenvalue weighted by molar-refractivity contribution is 0.248. The molecular formula is C21H22ClN5S. The van der Waals surface area contributed by atoms with E-state index >= 15 is 0 Å². The SMILES string of the molecule is Clc1ccc(SNc2ccc(CN3CCN(c4ncccn4)CC3)cc2)cc1. The normalized spacial score (nSPS) is 14.8. The molecule has 0 bridgehead atoms. The van der Waals surface area contributed by atoms with E-state index in [0.29, 0.717) is 0 Å².